The number of rotatable bonds is 3. The van der Waals surface area contributed by atoms with Gasteiger partial charge < -0.3 is 9.84 Å². The minimum atomic E-state index is 0.168. The van der Waals surface area contributed by atoms with Crippen LogP contribution >= 0.6 is 11.6 Å². The number of halogens is 1. The maximum Gasteiger partial charge on any atom is 0.165 e. The molecular formula is C21H22ClN3O2. The van der Waals surface area contributed by atoms with Crippen LogP contribution < -0.4 is 4.74 Å². The molecule has 4 rings (SSSR count). The third-order valence-corrected chi connectivity index (χ3v) is 5.10. The molecule has 6 heteroatoms. The topological polar surface area (TPSA) is 50.5 Å². The number of hydrogen-bond donors (Lipinski definition) is 1. The van der Waals surface area contributed by atoms with E-state index in [0.717, 1.165) is 35.5 Å². The second kappa shape index (κ2) is 7.25. The van der Waals surface area contributed by atoms with E-state index in [1.165, 1.54) is 5.56 Å². The molecule has 1 aliphatic rings. The lowest BCUT2D eigenvalue weighted by molar-refractivity contribution is 0.217. The number of ether oxygens (including phenoxy) is 1. The first-order chi connectivity index (χ1) is 13.0. The molecule has 0 amide bonds. The van der Waals surface area contributed by atoms with Crippen LogP contribution in [0.4, 0.5) is 0 Å². The van der Waals surface area contributed by atoms with Gasteiger partial charge in [-0.1, -0.05) is 23.7 Å². The monoisotopic (exact) mass is 383 g/mol. The predicted octanol–water partition coefficient (Wildman–Crippen LogP) is 4.15. The van der Waals surface area contributed by atoms with Crippen molar-refractivity contribution in [2.75, 3.05) is 13.2 Å². The number of hydrogen-bond acceptors (Lipinski definition) is 4. The normalized spacial score (nSPS) is 14.5. The zero-order chi connectivity index (χ0) is 19.0. The smallest absolute Gasteiger partial charge is 0.165 e. The fourth-order valence-electron chi connectivity index (χ4n) is 3.57. The molecule has 27 heavy (non-hydrogen) atoms. The Kier molecular flexibility index (Phi) is 4.81. The minimum absolute atomic E-state index is 0.168. The van der Waals surface area contributed by atoms with Gasteiger partial charge in [-0.25, -0.2) is 0 Å². The number of aromatic hydroxyl groups is 1. The highest BCUT2D eigenvalue weighted by atomic mass is 35.5. The molecule has 2 heterocycles. The summed E-state index contributed by atoms with van der Waals surface area (Å²) in [5, 5.41) is 15.6. The third kappa shape index (κ3) is 3.80. The Morgan fingerprint density at radius 3 is 2.81 bits per heavy atom. The van der Waals surface area contributed by atoms with Crippen molar-refractivity contribution in [1.29, 1.82) is 0 Å². The van der Waals surface area contributed by atoms with E-state index in [9.17, 15) is 5.11 Å². The SMILES string of the molecule is Cc1nn(C)cc1CN1CCOc2c(O)cc(-c3cccc(Cl)c3)cc2C1. The predicted molar refractivity (Wildman–Crippen MR) is 106 cm³/mol. The van der Waals surface area contributed by atoms with Gasteiger partial charge in [0.25, 0.3) is 0 Å². The third-order valence-electron chi connectivity index (χ3n) is 4.86. The second-order valence-corrected chi connectivity index (χ2v) is 7.40. The summed E-state index contributed by atoms with van der Waals surface area (Å²) in [6.07, 6.45) is 2.06. The van der Waals surface area contributed by atoms with E-state index in [0.29, 0.717) is 23.9 Å². The molecule has 5 nitrogen and oxygen atoms in total. The molecule has 0 atom stereocenters. The van der Waals surface area contributed by atoms with Crippen LogP contribution in [0.2, 0.25) is 5.02 Å². The summed E-state index contributed by atoms with van der Waals surface area (Å²) in [6, 6.07) is 11.5. The highest BCUT2D eigenvalue weighted by Crippen LogP contribution is 2.38. The van der Waals surface area contributed by atoms with Crippen LogP contribution in [-0.4, -0.2) is 32.9 Å². The Balaban J connectivity index is 1.65. The fourth-order valence-corrected chi connectivity index (χ4v) is 3.76. The molecule has 2 aromatic carbocycles. The van der Waals surface area contributed by atoms with E-state index in [2.05, 4.69) is 22.3 Å². The van der Waals surface area contributed by atoms with Gasteiger partial charge in [0.05, 0.1) is 5.69 Å². The van der Waals surface area contributed by atoms with Crippen molar-refractivity contribution in [3.05, 3.63) is 64.4 Å². The van der Waals surface area contributed by atoms with E-state index in [1.807, 2.05) is 42.9 Å². The van der Waals surface area contributed by atoms with Crippen molar-refractivity contribution >= 4 is 11.6 Å². The van der Waals surface area contributed by atoms with Gasteiger partial charge in [-0.2, -0.15) is 5.10 Å². The molecule has 0 saturated carbocycles. The van der Waals surface area contributed by atoms with E-state index < -0.39 is 0 Å². The molecule has 3 aromatic rings. The number of nitrogens with zero attached hydrogens (tertiary/aromatic N) is 3. The number of benzene rings is 2. The van der Waals surface area contributed by atoms with Crippen LogP contribution in [0.25, 0.3) is 11.1 Å². The van der Waals surface area contributed by atoms with Crippen LogP contribution in [0, 0.1) is 6.92 Å². The standard InChI is InChI=1S/C21H22ClN3O2/c1-14-18(11-24(2)23-14)13-25-6-7-27-21-17(12-25)8-16(10-20(21)26)15-4-3-5-19(22)9-15/h3-5,8-11,26H,6-7,12-13H2,1-2H3. The van der Waals surface area contributed by atoms with Gasteiger partial charge in [0.15, 0.2) is 11.5 Å². The molecule has 1 aliphatic heterocycles. The van der Waals surface area contributed by atoms with Gasteiger partial charge in [0.1, 0.15) is 6.61 Å². The minimum Gasteiger partial charge on any atom is -0.504 e. The Morgan fingerprint density at radius 2 is 2.07 bits per heavy atom. The molecule has 0 aliphatic carbocycles. The van der Waals surface area contributed by atoms with Gasteiger partial charge in [0, 0.05) is 49.0 Å². The maximum absolute atomic E-state index is 10.5. The van der Waals surface area contributed by atoms with E-state index in [-0.39, 0.29) is 5.75 Å². The number of phenolic OH excluding ortho intramolecular Hbond substituents is 1. The first kappa shape index (κ1) is 17.9. The summed E-state index contributed by atoms with van der Waals surface area (Å²) in [5.41, 5.74) is 5.12. The highest BCUT2D eigenvalue weighted by Gasteiger charge is 2.21. The summed E-state index contributed by atoms with van der Waals surface area (Å²) < 4.78 is 7.70. The highest BCUT2D eigenvalue weighted by molar-refractivity contribution is 6.30. The van der Waals surface area contributed by atoms with Gasteiger partial charge in [-0.3, -0.25) is 9.58 Å². The Bertz CT molecular complexity index is 984. The van der Waals surface area contributed by atoms with Gasteiger partial charge in [-0.15, -0.1) is 0 Å². The van der Waals surface area contributed by atoms with Crippen LogP contribution in [-0.2, 0) is 20.1 Å². The number of aryl methyl sites for hydroxylation is 2. The Morgan fingerprint density at radius 1 is 1.22 bits per heavy atom. The molecule has 0 fully saturated rings. The average Bonchev–Trinajstić information content (AvgIpc) is 2.81. The molecule has 140 valence electrons. The lowest BCUT2D eigenvalue weighted by atomic mass is 10.0. The summed E-state index contributed by atoms with van der Waals surface area (Å²) in [6.45, 7) is 4.85. The molecule has 1 aromatic heterocycles. The number of phenols is 1. The summed E-state index contributed by atoms with van der Waals surface area (Å²) in [4.78, 5) is 2.32. The summed E-state index contributed by atoms with van der Waals surface area (Å²) in [5.74, 6) is 0.744. The summed E-state index contributed by atoms with van der Waals surface area (Å²) >= 11 is 6.13. The van der Waals surface area contributed by atoms with Gasteiger partial charge in [0.2, 0.25) is 0 Å². The van der Waals surface area contributed by atoms with Gasteiger partial charge >= 0.3 is 0 Å². The van der Waals surface area contributed by atoms with E-state index in [4.69, 9.17) is 16.3 Å². The molecular weight excluding hydrogens is 362 g/mol. The van der Waals surface area contributed by atoms with Crippen LogP contribution in [0.3, 0.4) is 0 Å². The van der Waals surface area contributed by atoms with Gasteiger partial charge in [-0.05, 0) is 42.3 Å². The van der Waals surface area contributed by atoms with Crippen molar-refractivity contribution in [3.63, 3.8) is 0 Å². The zero-order valence-corrected chi connectivity index (χ0v) is 16.2. The van der Waals surface area contributed by atoms with Crippen LogP contribution in [0.5, 0.6) is 11.5 Å². The van der Waals surface area contributed by atoms with Crippen molar-refractivity contribution < 1.29 is 9.84 Å². The maximum atomic E-state index is 10.5. The van der Waals surface area contributed by atoms with Crippen LogP contribution in [0.15, 0.2) is 42.6 Å². The molecule has 1 N–H and O–H groups in total. The summed E-state index contributed by atoms with van der Waals surface area (Å²) in [7, 11) is 1.94. The van der Waals surface area contributed by atoms with Crippen LogP contribution in [0.1, 0.15) is 16.8 Å². The quantitative estimate of drug-likeness (QED) is 0.738. The molecule has 0 unspecified atom stereocenters. The Hall–Kier alpha value is -2.50. The number of fused-ring (bicyclic) bond motifs is 1. The van der Waals surface area contributed by atoms with Crippen molar-refractivity contribution in [2.24, 2.45) is 7.05 Å². The van der Waals surface area contributed by atoms with Crippen molar-refractivity contribution in [1.82, 2.24) is 14.7 Å². The Labute approximate surface area is 163 Å². The fraction of sp³-hybridized carbons (Fsp3) is 0.286. The molecule has 0 spiro atoms. The second-order valence-electron chi connectivity index (χ2n) is 6.97. The van der Waals surface area contributed by atoms with Crippen molar-refractivity contribution in [3.8, 4) is 22.6 Å². The number of aromatic nitrogens is 2. The lowest BCUT2D eigenvalue weighted by Crippen LogP contribution is -2.25. The lowest BCUT2D eigenvalue weighted by Gasteiger charge is -2.19. The molecule has 0 saturated heterocycles. The molecule has 0 radical (unpaired) electrons. The largest absolute Gasteiger partial charge is 0.504 e. The van der Waals surface area contributed by atoms with E-state index in [1.54, 1.807) is 6.07 Å². The van der Waals surface area contributed by atoms with E-state index >= 15 is 0 Å². The first-order valence-electron chi connectivity index (χ1n) is 8.95. The first-order valence-corrected chi connectivity index (χ1v) is 9.33. The zero-order valence-electron chi connectivity index (χ0n) is 15.4. The molecule has 0 bridgehead atoms. The average molecular weight is 384 g/mol. The van der Waals surface area contributed by atoms with Crippen molar-refractivity contribution in [2.45, 2.75) is 20.0 Å².